The van der Waals surface area contributed by atoms with Gasteiger partial charge in [0, 0.05) is 36.9 Å². The zero-order valence-corrected chi connectivity index (χ0v) is 9.90. The standard InChI is InChI=1S/C12H21N3/c1-4-15-8-7-13-12(15)9(2)10(3)14-11-5-6-11/h7-11,14H,4-6H2,1-3H3. The second-order valence-corrected chi connectivity index (χ2v) is 4.59. The van der Waals surface area contributed by atoms with E-state index in [0.29, 0.717) is 12.0 Å². The summed E-state index contributed by atoms with van der Waals surface area (Å²) in [4.78, 5) is 4.46. The van der Waals surface area contributed by atoms with E-state index >= 15 is 0 Å². The molecule has 0 saturated heterocycles. The molecule has 1 heterocycles. The van der Waals surface area contributed by atoms with E-state index in [9.17, 15) is 0 Å². The van der Waals surface area contributed by atoms with E-state index < -0.39 is 0 Å². The van der Waals surface area contributed by atoms with Crippen LogP contribution in [0.15, 0.2) is 12.4 Å². The maximum atomic E-state index is 4.46. The van der Waals surface area contributed by atoms with Gasteiger partial charge >= 0.3 is 0 Å². The topological polar surface area (TPSA) is 29.9 Å². The highest BCUT2D eigenvalue weighted by atomic mass is 15.1. The lowest BCUT2D eigenvalue weighted by Gasteiger charge is -2.21. The van der Waals surface area contributed by atoms with E-state index in [2.05, 4.69) is 41.8 Å². The summed E-state index contributed by atoms with van der Waals surface area (Å²) >= 11 is 0. The molecule has 1 saturated carbocycles. The van der Waals surface area contributed by atoms with E-state index in [-0.39, 0.29) is 0 Å². The Balaban J connectivity index is 2.01. The Morgan fingerprint density at radius 3 is 2.87 bits per heavy atom. The summed E-state index contributed by atoms with van der Waals surface area (Å²) in [7, 11) is 0. The quantitative estimate of drug-likeness (QED) is 0.801. The fourth-order valence-corrected chi connectivity index (χ4v) is 1.98. The molecule has 1 aromatic rings. The van der Waals surface area contributed by atoms with Crippen molar-refractivity contribution in [1.82, 2.24) is 14.9 Å². The minimum absolute atomic E-state index is 0.487. The van der Waals surface area contributed by atoms with Crippen LogP contribution in [0, 0.1) is 0 Å². The van der Waals surface area contributed by atoms with Crippen molar-refractivity contribution in [3.8, 4) is 0 Å². The largest absolute Gasteiger partial charge is 0.335 e. The normalized spacial score (nSPS) is 20.2. The van der Waals surface area contributed by atoms with Crippen LogP contribution in [-0.2, 0) is 6.54 Å². The predicted octanol–water partition coefficient (Wildman–Crippen LogP) is 2.15. The van der Waals surface area contributed by atoms with E-state index in [1.165, 1.54) is 18.7 Å². The van der Waals surface area contributed by atoms with Gasteiger partial charge in [0.2, 0.25) is 0 Å². The van der Waals surface area contributed by atoms with Crippen molar-refractivity contribution >= 4 is 0 Å². The zero-order valence-electron chi connectivity index (χ0n) is 9.90. The highest BCUT2D eigenvalue weighted by Gasteiger charge is 2.26. The van der Waals surface area contributed by atoms with Gasteiger partial charge in [0.25, 0.3) is 0 Å². The summed E-state index contributed by atoms with van der Waals surface area (Å²) in [6.07, 6.45) is 6.66. The lowest BCUT2D eigenvalue weighted by Crippen LogP contribution is -2.33. The van der Waals surface area contributed by atoms with E-state index in [4.69, 9.17) is 0 Å². The Hall–Kier alpha value is -0.830. The van der Waals surface area contributed by atoms with Crippen LogP contribution in [0.1, 0.15) is 45.4 Å². The minimum atomic E-state index is 0.487. The Bertz CT molecular complexity index is 314. The molecule has 0 aromatic carbocycles. The van der Waals surface area contributed by atoms with Gasteiger partial charge in [0.15, 0.2) is 0 Å². The predicted molar refractivity (Wildman–Crippen MR) is 61.9 cm³/mol. The maximum absolute atomic E-state index is 4.46. The Kier molecular flexibility index (Phi) is 3.10. The van der Waals surface area contributed by atoms with Gasteiger partial charge in [-0.2, -0.15) is 0 Å². The minimum Gasteiger partial charge on any atom is -0.335 e. The monoisotopic (exact) mass is 207 g/mol. The van der Waals surface area contributed by atoms with Crippen LogP contribution >= 0.6 is 0 Å². The van der Waals surface area contributed by atoms with Crippen molar-refractivity contribution in [3.05, 3.63) is 18.2 Å². The van der Waals surface area contributed by atoms with Gasteiger partial charge in [-0.15, -0.1) is 0 Å². The van der Waals surface area contributed by atoms with Gasteiger partial charge in [0.1, 0.15) is 5.82 Å². The number of nitrogens with zero attached hydrogens (tertiary/aromatic N) is 2. The Morgan fingerprint density at radius 2 is 2.27 bits per heavy atom. The van der Waals surface area contributed by atoms with Crippen molar-refractivity contribution in [3.63, 3.8) is 0 Å². The number of nitrogens with one attached hydrogen (secondary N) is 1. The number of imidazole rings is 1. The molecule has 1 aromatic heterocycles. The molecule has 3 nitrogen and oxygen atoms in total. The molecular weight excluding hydrogens is 186 g/mol. The molecule has 0 bridgehead atoms. The maximum Gasteiger partial charge on any atom is 0.113 e. The van der Waals surface area contributed by atoms with Crippen LogP contribution in [0.3, 0.4) is 0 Å². The van der Waals surface area contributed by atoms with E-state index in [1.807, 2.05) is 6.20 Å². The third kappa shape index (κ3) is 2.40. The third-order valence-electron chi connectivity index (χ3n) is 3.32. The first-order valence-electron chi connectivity index (χ1n) is 5.99. The van der Waals surface area contributed by atoms with Gasteiger partial charge in [-0.05, 0) is 26.7 Å². The molecule has 0 spiro atoms. The summed E-state index contributed by atoms with van der Waals surface area (Å²) in [5, 5.41) is 3.64. The van der Waals surface area contributed by atoms with Crippen molar-refractivity contribution < 1.29 is 0 Å². The fourth-order valence-electron chi connectivity index (χ4n) is 1.98. The van der Waals surface area contributed by atoms with Crippen LogP contribution in [-0.4, -0.2) is 21.6 Å². The summed E-state index contributed by atoms with van der Waals surface area (Å²) in [5.41, 5.74) is 0. The summed E-state index contributed by atoms with van der Waals surface area (Å²) in [6.45, 7) is 7.69. The zero-order chi connectivity index (χ0) is 10.8. The highest BCUT2D eigenvalue weighted by Crippen LogP contribution is 2.24. The number of rotatable bonds is 5. The average Bonchev–Trinajstić information content (AvgIpc) is 2.92. The number of aryl methyl sites for hydroxylation is 1. The van der Waals surface area contributed by atoms with Crippen LogP contribution in [0.2, 0.25) is 0 Å². The van der Waals surface area contributed by atoms with Gasteiger partial charge in [-0.3, -0.25) is 0 Å². The van der Waals surface area contributed by atoms with Gasteiger partial charge in [-0.1, -0.05) is 6.92 Å². The molecule has 1 N–H and O–H groups in total. The second kappa shape index (κ2) is 4.35. The van der Waals surface area contributed by atoms with Gasteiger partial charge in [-0.25, -0.2) is 4.98 Å². The molecule has 2 atom stereocenters. The Labute approximate surface area is 91.9 Å². The molecule has 1 aliphatic carbocycles. The summed E-state index contributed by atoms with van der Waals surface area (Å²) in [5.74, 6) is 1.69. The molecule has 15 heavy (non-hydrogen) atoms. The van der Waals surface area contributed by atoms with Crippen LogP contribution in [0.5, 0.6) is 0 Å². The summed E-state index contributed by atoms with van der Waals surface area (Å²) in [6, 6.07) is 1.29. The number of hydrogen-bond acceptors (Lipinski definition) is 2. The molecule has 1 aliphatic rings. The first-order valence-corrected chi connectivity index (χ1v) is 5.99. The highest BCUT2D eigenvalue weighted by molar-refractivity contribution is 5.03. The molecule has 3 heteroatoms. The van der Waals surface area contributed by atoms with Crippen molar-refractivity contribution in [1.29, 1.82) is 0 Å². The third-order valence-corrected chi connectivity index (χ3v) is 3.32. The first kappa shape index (κ1) is 10.7. The van der Waals surface area contributed by atoms with Crippen LogP contribution in [0.25, 0.3) is 0 Å². The lowest BCUT2D eigenvalue weighted by atomic mass is 10.0. The smallest absolute Gasteiger partial charge is 0.113 e. The van der Waals surface area contributed by atoms with Crippen molar-refractivity contribution in [2.75, 3.05) is 0 Å². The number of hydrogen-bond donors (Lipinski definition) is 1. The van der Waals surface area contributed by atoms with Gasteiger partial charge in [0.05, 0.1) is 0 Å². The molecule has 84 valence electrons. The molecule has 0 radical (unpaired) electrons. The first-order chi connectivity index (χ1) is 7.22. The fraction of sp³-hybridized carbons (Fsp3) is 0.750. The molecule has 2 unspecified atom stereocenters. The van der Waals surface area contributed by atoms with Gasteiger partial charge < -0.3 is 9.88 Å². The molecular formula is C12H21N3. The van der Waals surface area contributed by atoms with Crippen molar-refractivity contribution in [2.45, 2.75) is 58.2 Å². The van der Waals surface area contributed by atoms with E-state index in [0.717, 1.165) is 12.6 Å². The molecule has 0 aliphatic heterocycles. The SMILES string of the molecule is CCn1ccnc1C(C)C(C)NC1CC1. The van der Waals surface area contributed by atoms with Crippen LogP contribution < -0.4 is 5.32 Å². The van der Waals surface area contributed by atoms with E-state index in [1.54, 1.807) is 0 Å². The molecule has 1 fully saturated rings. The Morgan fingerprint density at radius 1 is 1.53 bits per heavy atom. The second-order valence-electron chi connectivity index (χ2n) is 4.59. The molecule has 2 rings (SSSR count). The average molecular weight is 207 g/mol. The lowest BCUT2D eigenvalue weighted by molar-refractivity contribution is 0.451. The summed E-state index contributed by atoms with van der Waals surface area (Å²) < 4.78 is 2.23. The van der Waals surface area contributed by atoms with Crippen molar-refractivity contribution in [2.24, 2.45) is 0 Å². The van der Waals surface area contributed by atoms with Crippen LogP contribution in [0.4, 0.5) is 0 Å². The molecule has 0 amide bonds. The number of aromatic nitrogens is 2.